The quantitative estimate of drug-likeness (QED) is 0.591. The number of hydrogen-bond acceptors (Lipinski definition) is 6. The van der Waals surface area contributed by atoms with Gasteiger partial charge < -0.3 is 9.47 Å². The van der Waals surface area contributed by atoms with Crippen molar-refractivity contribution in [3.8, 4) is 0 Å². The van der Waals surface area contributed by atoms with Crippen molar-refractivity contribution in [3.05, 3.63) is 0 Å². The second kappa shape index (κ2) is 8.02. The summed E-state index contributed by atoms with van der Waals surface area (Å²) in [6.45, 7) is 3.51. The summed E-state index contributed by atoms with van der Waals surface area (Å²) in [4.78, 5) is 21.8. The standard InChI is InChI=1S/C9H17NO6S/c1-3-15-8(11)5-6-10-17(13,14)7-9(12)16-4-2/h10H,3-7H2,1-2H3. The number of hydrogen-bond donors (Lipinski definition) is 1. The van der Waals surface area contributed by atoms with E-state index < -0.39 is 27.7 Å². The zero-order valence-electron chi connectivity index (χ0n) is 9.89. The fourth-order valence-electron chi connectivity index (χ4n) is 0.951. The van der Waals surface area contributed by atoms with E-state index in [4.69, 9.17) is 0 Å². The minimum absolute atomic E-state index is 0.0735. The van der Waals surface area contributed by atoms with Crippen LogP contribution < -0.4 is 4.72 Å². The molecular formula is C9H17NO6S. The van der Waals surface area contributed by atoms with Gasteiger partial charge in [-0.15, -0.1) is 0 Å². The highest BCUT2D eigenvalue weighted by Crippen LogP contribution is 1.90. The lowest BCUT2D eigenvalue weighted by atomic mass is 10.4. The Balaban J connectivity index is 3.94. The third kappa shape index (κ3) is 8.64. The van der Waals surface area contributed by atoms with Crippen molar-refractivity contribution in [3.63, 3.8) is 0 Å². The predicted molar refractivity (Wildman–Crippen MR) is 59.7 cm³/mol. The van der Waals surface area contributed by atoms with Crippen molar-refractivity contribution in [1.29, 1.82) is 0 Å². The summed E-state index contributed by atoms with van der Waals surface area (Å²) in [5, 5.41) is 0. The predicted octanol–water partition coefficient (Wildman–Crippen LogP) is -0.578. The van der Waals surface area contributed by atoms with E-state index in [1.807, 2.05) is 0 Å². The molecule has 0 fully saturated rings. The summed E-state index contributed by atoms with van der Waals surface area (Å²) in [5.41, 5.74) is 0. The first-order valence-corrected chi connectivity index (χ1v) is 6.85. The molecule has 0 rings (SSSR count). The van der Waals surface area contributed by atoms with Crippen molar-refractivity contribution in [2.24, 2.45) is 0 Å². The molecule has 0 aliphatic heterocycles. The summed E-state index contributed by atoms with van der Waals surface area (Å²) in [6.07, 6.45) is -0.0735. The van der Waals surface area contributed by atoms with Crippen LogP contribution in [-0.2, 0) is 29.1 Å². The maximum absolute atomic E-state index is 11.3. The molecule has 17 heavy (non-hydrogen) atoms. The Morgan fingerprint density at radius 1 is 1.06 bits per heavy atom. The normalized spacial score (nSPS) is 10.9. The average Bonchev–Trinajstić information content (AvgIpc) is 2.16. The molecule has 7 nitrogen and oxygen atoms in total. The molecule has 0 radical (unpaired) electrons. The molecule has 8 heteroatoms. The van der Waals surface area contributed by atoms with E-state index in [1.165, 1.54) is 0 Å². The topological polar surface area (TPSA) is 98.8 Å². The Hall–Kier alpha value is -1.15. The number of carbonyl (C=O) groups is 2. The number of carbonyl (C=O) groups excluding carboxylic acids is 2. The summed E-state index contributed by atoms with van der Waals surface area (Å²) < 4.78 is 33.8. The van der Waals surface area contributed by atoms with Gasteiger partial charge in [-0.3, -0.25) is 9.59 Å². The first-order valence-electron chi connectivity index (χ1n) is 5.19. The van der Waals surface area contributed by atoms with E-state index in [9.17, 15) is 18.0 Å². The summed E-state index contributed by atoms with van der Waals surface area (Å²) in [7, 11) is -3.75. The van der Waals surface area contributed by atoms with Gasteiger partial charge in [0.15, 0.2) is 5.75 Å². The molecule has 0 atom stereocenters. The maximum atomic E-state index is 11.3. The second-order valence-corrected chi connectivity index (χ2v) is 4.82. The Kier molecular flexibility index (Phi) is 7.47. The molecule has 0 amide bonds. The van der Waals surface area contributed by atoms with Gasteiger partial charge in [0, 0.05) is 6.54 Å². The molecular weight excluding hydrogens is 250 g/mol. The molecule has 1 N–H and O–H groups in total. The number of rotatable bonds is 8. The average molecular weight is 267 g/mol. The SMILES string of the molecule is CCOC(=O)CCNS(=O)(=O)CC(=O)OCC. The van der Waals surface area contributed by atoms with Gasteiger partial charge >= 0.3 is 11.9 Å². The van der Waals surface area contributed by atoms with Gasteiger partial charge in [0.25, 0.3) is 0 Å². The van der Waals surface area contributed by atoms with Crippen molar-refractivity contribution in [2.75, 3.05) is 25.5 Å². The minimum Gasteiger partial charge on any atom is -0.466 e. The first kappa shape index (κ1) is 15.9. The van der Waals surface area contributed by atoms with Crippen molar-refractivity contribution in [2.45, 2.75) is 20.3 Å². The lowest BCUT2D eigenvalue weighted by molar-refractivity contribution is -0.143. The van der Waals surface area contributed by atoms with E-state index in [0.29, 0.717) is 0 Å². The molecule has 0 unspecified atom stereocenters. The van der Waals surface area contributed by atoms with Crippen LogP contribution in [0.15, 0.2) is 0 Å². The summed E-state index contributed by atoms with van der Waals surface area (Å²) >= 11 is 0. The molecule has 0 aromatic rings. The van der Waals surface area contributed by atoms with Crippen LogP contribution in [0.2, 0.25) is 0 Å². The molecule has 0 aliphatic rings. The van der Waals surface area contributed by atoms with Crippen LogP contribution in [0.3, 0.4) is 0 Å². The van der Waals surface area contributed by atoms with Gasteiger partial charge in [0.1, 0.15) is 0 Å². The Labute approximate surface area is 101 Å². The monoisotopic (exact) mass is 267 g/mol. The maximum Gasteiger partial charge on any atom is 0.322 e. The molecule has 0 bridgehead atoms. The largest absolute Gasteiger partial charge is 0.466 e. The first-order chi connectivity index (χ1) is 7.91. The van der Waals surface area contributed by atoms with Crippen LogP contribution in [0.1, 0.15) is 20.3 Å². The molecule has 0 aliphatic carbocycles. The van der Waals surface area contributed by atoms with E-state index in [-0.39, 0.29) is 26.2 Å². The highest BCUT2D eigenvalue weighted by molar-refractivity contribution is 7.90. The molecule has 0 spiro atoms. The van der Waals surface area contributed by atoms with Crippen LogP contribution in [0.4, 0.5) is 0 Å². The van der Waals surface area contributed by atoms with Crippen LogP contribution in [0, 0.1) is 0 Å². The van der Waals surface area contributed by atoms with E-state index in [0.717, 1.165) is 0 Å². The van der Waals surface area contributed by atoms with Gasteiger partial charge in [-0.05, 0) is 13.8 Å². The molecule has 0 saturated carbocycles. The Bertz CT molecular complexity index is 350. The molecule has 0 heterocycles. The molecule has 0 aromatic heterocycles. The van der Waals surface area contributed by atoms with E-state index in [2.05, 4.69) is 14.2 Å². The van der Waals surface area contributed by atoms with E-state index >= 15 is 0 Å². The van der Waals surface area contributed by atoms with Crippen LogP contribution in [0.25, 0.3) is 0 Å². The summed E-state index contributed by atoms with van der Waals surface area (Å²) in [5.74, 6) is -2.06. The van der Waals surface area contributed by atoms with Gasteiger partial charge in [-0.25, -0.2) is 13.1 Å². The van der Waals surface area contributed by atoms with Crippen molar-refractivity contribution < 1.29 is 27.5 Å². The molecule has 100 valence electrons. The summed E-state index contributed by atoms with van der Waals surface area (Å²) in [6, 6.07) is 0. The Morgan fingerprint density at radius 3 is 2.12 bits per heavy atom. The molecule has 0 aromatic carbocycles. The van der Waals surface area contributed by atoms with Gasteiger partial charge in [-0.2, -0.15) is 0 Å². The fraction of sp³-hybridized carbons (Fsp3) is 0.778. The van der Waals surface area contributed by atoms with Crippen LogP contribution >= 0.6 is 0 Å². The van der Waals surface area contributed by atoms with Crippen LogP contribution in [0.5, 0.6) is 0 Å². The number of ether oxygens (including phenoxy) is 2. The van der Waals surface area contributed by atoms with E-state index in [1.54, 1.807) is 13.8 Å². The second-order valence-electron chi connectivity index (χ2n) is 3.01. The van der Waals surface area contributed by atoms with Crippen molar-refractivity contribution >= 4 is 22.0 Å². The number of sulfonamides is 1. The van der Waals surface area contributed by atoms with Gasteiger partial charge in [0.05, 0.1) is 19.6 Å². The third-order valence-electron chi connectivity index (χ3n) is 1.57. The van der Waals surface area contributed by atoms with Crippen molar-refractivity contribution in [1.82, 2.24) is 4.72 Å². The van der Waals surface area contributed by atoms with Gasteiger partial charge in [0.2, 0.25) is 10.0 Å². The third-order valence-corrected chi connectivity index (χ3v) is 2.83. The number of esters is 2. The Morgan fingerprint density at radius 2 is 1.59 bits per heavy atom. The van der Waals surface area contributed by atoms with Crippen LogP contribution in [-0.4, -0.2) is 45.9 Å². The molecule has 0 saturated heterocycles. The number of nitrogens with one attached hydrogen (secondary N) is 1. The van der Waals surface area contributed by atoms with Gasteiger partial charge in [-0.1, -0.05) is 0 Å². The lowest BCUT2D eigenvalue weighted by Crippen LogP contribution is -2.32. The minimum atomic E-state index is -3.75. The zero-order chi connectivity index (χ0) is 13.3. The lowest BCUT2D eigenvalue weighted by Gasteiger charge is -2.06. The highest BCUT2D eigenvalue weighted by Gasteiger charge is 2.17. The highest BCUT2D eigenvalue weighted by atomic mass is 32.2. The smallest absolute Gasteiger partial charge is 0.322 e. The fourth-order valence-corrected chi connectivity index (χ4v) is 1.86. The zero-order valence-corrected chi connectivity index (χ0v) is 10.7.